The van der Waals surface area contributed by atoms with Gasteiger partial charge in [-0.3, -0.25) is 9.69 Å². The van der Waals surface area contributed by atoms with Gasteiger partial charge < -0.3 is 24.3 Å². The van der Waals surface area contributed by atoms with E-state index in [0.717, 1.165) is 68.5 Å². The molecule has 0 aliphatic carbocycles. The van der Waals surface area contributed by atoms with Crippen LogP contribution in [0.2, 0.25) is 0 Å². The fraction of sp³-hybridized carbons (Fsp3) is 0.361. The molecule has 226 valence electrons. The van der Waals surface area contributed by atoms with E-state index in [4.69, 9.17) is 18.9 Å². The van der Waals surface area contributed by atoms with Gasteiger partial charge in [0.05, 0.1) is 13.7 Å². The lowest BCUT2D eigenvalue weighted by Crippen LogP contribution is -2.45. The number of ether oxygens (including phenoxy) is 4. The van der Waals surface area contributed by atoms with Crippen molar-refractivity contribution in [2.75, 3.05) is 33.4 Å². The lowest BCUT2D eigenvalue weighted by molar-refractivity contribution is -0.118. The number of carbonyl (C=O) groups excluding carboxylic acids is 1. The second kappa shape index (κ2) is 16.1. The second-order valence-electron chi connectivity index (χ2n) is 10.8. The molecular formula is C36H42N2O5. The first-order valence-corrected chi connectivity index (χ1v) is 15.3. The van der Waals surface area contributed by atoms with Gasteiger partial charge in [0.1, 0.15) is 12.3 Å². The van der Waals surface area contributed by atoms with Gasteiger partial charge in [-0.05, 0) is 54.5 Å². The number of amides is 1. The van der Waals surface area contributed by atoms with Crippen LogP contribution in [0.4, 0.5) is 0 Å². The van der Waals surface area contributed by atoms with Crippen molar-refractivity contribution in [1.82, 2.24) is 10.2 Å². The van der Waals surface area contributed by atoms with Gasteiger partial charge in [0.25, 0.3) is 0 Å². The molecule has 0 spiro atoms. The molecule has 7 heteroatoms. The Morgan fingerprint density at radius 1 is 0.953 bits per heavy atom. The fourth-order valence-corrected chi connectivity index (χ4v) is 5.49. The van der Waals surface area contributed by atoms with Crippen LogP contribution in [0, 0.1) is 0 Å². The lowest BCUT2D eigenvalue weighted by Gasteiger charge is -2.38. The number of rotatable bonds is 13. The molecule has 3 aromatic carbocycles. The third-order valence-electron chi connectivity index (χ3n) is 7.73. The number of benzene rings is 3. The van der Waals surface area contributed by atoms with Crippen molar-refractivity contribution in [3.05, 3.63) is 114 Å². The third kappa shape index (κ3) is 9.04. The van der Waals surface area contributed by atoms with Gasteiger partial charge in [-0.1, -0.05) is 85.0 Å². The van der Waals surface area contributed by atoms with Gasteiger partial charge in [-0.2, -0.15) is 0 Å². The highest BCUT2D eigenvalue weighted by Crippen LogP contribution is 2.32. The van der Waals surface area contributed by atoms with Crippen LogP contribution in [-0.2, 0) is 14.3 Å². The maximum atomic E-state index is 12.5. The molecule has 1 amide bonds. The van der Waals surface area contributed by atoms with E-state index < -0.39 is 0 Å². The highest BCUT2D eigenvalue weighted by Gasteiger charge is 2.27. The SMILES string of the molecule is COc1cc(C=CC=CC(=O)NCCN2CCCCC2OC(c2ccccc2)c2ccccc2)ccc1OC1CCCO1. The Morgan fingerprint density at radius 2 is 1.72 bits per heavy atom. The van der Waals surface area contributed by atoms with Crippen LogP contribution in [0.5, 0.6) is 11.5 Å². The van der Waals surface area contributed by atoms with Crippen molar-refractivity contribution >= 4 is 12.0 Å². The number of nitrogens with one attached hydrogen (secondary N) is 1. The normalized spacial score (nSPS) is 19.3. The Kier molecular flexibility index (Phi) is 11.4. The van der Waals surface area contributed by atoms with Crippen molar-refractivity contribution in [3.8, 4) is 11.5 Å². The molecule has 2 aliphatic rings. The predicted octanol–water partition coefficient (Wildman–Crippen LogP) is 6.51. The molecule has 3 aromatic rings. The highest BCUT2D eigenvalue weighted by atomic mass is 16.7. The number of hydrogen-bond acceptors (Lipinski definition) is 6. The number of carbonyl (C=O) groups is 1. The minimum absolute atomic E-state index is 0.00555. The van der Waals surface area contributed by atoms with Gasteiger partial charge in [-0.15, -0.1) is 0 Å². The Labute approximate surface area is 255 Å². The third-order valence-corrected chi connectivity index (χ3v) is 7.73. The molecule has 2 unspecified atom stereocenters. The molecule has 5 rings (SSSR count). The average molecular weight is 583 g/mol. The summed E-state index contributed by atoms with van der Waals surface area (Å²) < 4.78 is 23.7. The maximum Gasteiger partial charge on any atom is 0.244 e. The molecule has 2 atom stereocenters. The van der Waals surface area contributed by atoms with Crippen LogP contribution in [0.25, 0.3) is 6.08 Å². The molecule has 0 aromatic heterocycles. The first-order chi connectivity index (χ1) is 21.2. The van der Waals surface area contributed by atoms with Crippen LogP contribution in [0.15, 0.2) is 97.1 Å². The van der Waals surface area contributed by atoms with E-state index in [-0.39, 0.29) is 24.5 Å². The van der Waals surface area contributed by atoms with E-state index in [2.05, 4.69) is 58.7 Å². The van der Waals surface area contributed by atoms with E-state index >= 15 is 0 Å². The molecule has 0 radical (unpaired) electrons. The molecule has 1 N–H and O–H groups in total. The Balaban J connectivity index is 1.11. The zero-order chi connectivity index (χ0) is 29.7. The maximum absolute atomic E-state index is 12.5. The van der Waals surface area contributed by atoms with E-state index in [1.165, 1.54) is 0 Å². The number of methoxy groups -OCH3 is 1. The first kappa shape index (κ1) is 30.5. The van der Waals surface area contributed by atoms with Crippen LogP contribution >= 0.6 is 0 Å². The van der Waals surface area contributed by atoms with Gasteiger partial charge in [-0.25, -0.2) is 0 Å². The molecule has 2 aliphatic heterocycles. The summed E-state index contributed by atoms with van der Waals surface area (Å²) in [6.07, 6.45) is 11.8. The summed E-state index contributed by atoms with van der Waals surface area (Å²) in [5, 5.41) is 3.02. The van der Waals surface area contributed by atoms with Crippen molar-refractivity contribution in [2.24, 2.45) is 0 Å². The smallest absolute Gasteiger partial charge is 0.244 e. The van der Waals surface area contributed by atoms with Crippen LogP contribution in [0.1, 0.15) is 54.9 Å². The Morgan fingerprint density at radius 3 is 2.42 bits per heavy atom. The van der Waals surface area contributed by atoms with E-state index in [1.807, 2.05) is 42.5 Å². The molecular weight excluding hydrogens is 540 g/mol. The van der Waals surface area contributed by atoms with Gasteiger partial charge >= 0.3 is 0 Å². The summed E-state index contributed by atoms with van der Waals surface area (Å²) >= 11 is 0. The van der Waals surface area contributed by atoms with Crippen molar-refractivity contribution in [3.63, 3.8) is 0 Å². The summed E-state index contributed by atoms with van der Waals surface area (Å²) in [6, 6.07) is 26.5. The molecule has 2 saturated heterocycles. The molecule has 43 heavy (non-hydrogen) atoms. The standard InChI is InChI=1S/C36H42N2O5/c1-40-32-27-28(21-22-31(32)42-35-20-12-26-41-35)13-8-9-18-33(39)37-23-25-38-24-11-10-19-34(38)43-36(29-14-4-2-5-15-29)30-16-6-3-7-17-30/h2-9,13-18,21-22,27,34-36H,10-12,19-20,23-26H2,1H3,(H,37,39). The number of piperidine rings is 1. The largest absolute Gasteiger partial charge is 0.493 e. The Bertz CT molecular complexity index is 1300. The number of allylic oxidation sites excluding steroid dienone is 2. The van der Waals surface area contributed by atoms with Crippen LogP contribution in [0.3, 0.4) is 0 Å². The summed E-state index contributed by atoms with van der Waals surface area (Å²) in [7, 11) is 1.62. The fourth-order valence-electron chi connectivity index (χ4n) is 5.49. The van der Waals surface area contributed by atoms with Gasteiger partial charge in [0.15, 0.2) is 17.8 Å². The van der Waals surface area contributed by atoms with Crippen LogP contribution in [-0.4, -0.2) is 56.7 Å². The molecule has 0 bridgehead atoms. The summed E-state index contributed by atoms with van der Waals surface area (Å²) in [6.45, 7) is 2.97. The van der Waals surface area contributed by atoms with Gasteiger partial charge in [0, 0.05) is 32.1 Å². The minimum Gasteiger partial charge on any atom is -0.493 e. The zero-order valence-corrected chi connectivity index (χ0v) is 24.9. The summed E-state index contributed by atoms with van der Waals surface area (Å²) in [4.78, 5) is 14.9. The zero-order valence-electron chi connectivity index (χ0n) is 24.9. The molecule has 2 heterocycles. The highest BCUT2D eigenvalue weighted by molar-refractivity contribution is 5.87. The van der Waals surface area contributed by atoms with Crippen molar-refractivity contribution in [1.29, 1.82) is 0 Å². The lowest BCUT2D eigenvalue weighted by atomic mass is 10.0. The van der Waals surface area contributed by atoms with Crippen molar-refractivity contribution < 1.29 is 23.7 Å². The van der Waals surface area contributed by atoms with Crippen LogP contribution < -0.4 is 14.8 Å². The molecule has 0 saturated carbocycles. The summed E-state index contributed by atoms with van der Waals surface area (Å²) in [5.41, 5.74) is 3.24. The average Bonchev–Trinajstić information content (AvgIpc) is 3.57. The second-order valence-corrected chi connectivity index (χ2v) is 10.8. The van der Waals surface area contributed by atoms with E-state index in [1.54, 1.807) is 19.3 Å². The quantitative estimate of drug-likeness (QED) is 0.183. The number of nitrogens with zero attached hydrogens (tertiary/aromatic N) is 1. The monoisotopic (exact) mass is 582 g/mol. The predicted molar refractivity (Wildman–Crippen MR) is 169 cm³/mol. The first-order valence-electron chi connectivity index (χ1n) is 15.3. The summed E-state index contributed by atoms with van der Waals surface area (Å²) in [5.74, 6) is 1.19. The number of likely N-dealkylation sites (tertiary alicyclic amines) is 1. The Hall–Kier alpha value is -3.91. The molecule has 7 nitrogen and oxygen atoms in total. The number of hydrogen-bond donors (Lipinski definition) is 1. The van der Waals surface area contributed by atoms with Crippen molar-refractivity contribution in [2.45, 2.75) is 50.7 Å². The topological polar surface area (TPSA) is 69.3 Å². The minimum atomic E-state index is -0.217. The van der Waals surface area contributed by atoms with E-state index in [9.17, 15) is 4.79 Å². The van der Waals surface area contributed by atoms with Gasteiger partial charge in [0.2, 0.25) is 5.91 Å². The molecule has 2 fully saturated rings. The van der Waals surface area contributed by atoms with E-state index in [0.29, 0.717) is 18.0 Å².